The number of nitrogens with two attached hydrogens (primary N) is 1. The van der Waals surface area contributed by atoms with E-state index >= 15 is 0 Å². The first kappa shape index (κ1) is 60.7. The van der Waals surface area contributed by atoms with Gasteiger partial charge in [0.05, 0.1) is 19.8 Å². The Balaban J connectivity index is 4.18. The minimum atomic E-state index is -4.63. The van der Waals surface area contributed by atoms with Gasteiger partial charge in [-0.3, -0.25) is 18.6 Å². The average molecular weight is 908 g/mol. The normalized spacial score (nSPS) is 14.2. The number of ether oxygens (including phenoxy) is 2. The van der Waals surface area contributed by atoms with Crippen LogP contribution in [0.5, 0.6) is 0 Å². The Morgan fingerprint density at radius 2 is 0.921 bits per heavy atom. The topological polar surface area (TPSA) is 155 Å². The van der Waals surface area contributed by atoms with Crippen LogP contribution in [0, 0.1) is 0 Å². The summed E-state index contributed by atoms with van der Waals surface area (Å²) in [5.41, 5.74) is 5.37. The number of carboxylic acid groups (broad SMARTS) is 1. The molecule has 0 bridgehead atoms. The minimum Gasteiger partial charge on any atom is -0.480 e. The van der Waals surface area contributed by atoms with Gasteiger partial charge in [0, 0.05) is 13.0 Å². The van der Waals surface area contributed by atoms with Gasteiger partial charge in [0.25, 0.3) is 0 Å². The molecule has 4 N–H and O–H groups in total. The molecule has 11 heteroatoms. The fraction of sp³-hybridized carbons (Fsp3) is 0.769. The number of carbonyl (C=O) groups excluding carboxylic acids is 1. The van der Waals surface area contributed by atoms with Gasteiger partial charge in [0.2, 0.25) is 0 Å². The lowest BCUT2D eigenvalue weighted by Gasteiger charge is -2.20. The maximum absolute atomic E-state index is 12.7. The summed E-state index contributed by atoms with van der Waals surface area (Å²) in [6.07, 6.45) is 58.6. The van der Waals surface area contributed by atoms with E-state index in [1.807, 2.05) is 0 Å². The number of phosphoric ester groups is 1. The first-order valence-electron chi connectivity index (χ1n) is 25.3. The highest BCUT2D eigenvalue weighted by Gasteiger charge is 2.27. The van der Waals surface area contributed by atoms with Crippen molar-refractivity contribution in [2.24, 2.45) is 5.73 Å². The fourth-order valence-electron chi connectivity index (χ4n) is 6.93. The van der Waals surface area contributed by atoms with Crippen molar-refractivity contribution in [1.29, 1.82) is 0 Å². The molecule has 0 radical (unpaired) electrons. The van der Waals surface area contributed by atoms with E-state index in [-0.39, 0.29) is 13.0 Å². The third-order valence-electron chi connectivity index (χ3n) is 10.8. The zero-order valence-electron chi connectivity index (χ0n) is 40.2. The van der Waals surface area contributed by atoms with E-state index in [4.69, 9.17) is 29.4 Å². The standard InChI is InChI=1S/C52H94NO9P/c1-3-5-7-9-11-13-15-17-19-21-23-24-25-26-27-28-30-32-34-36-38-40-42-44-51(54)62-49(47-60-63(57,58)61-48-50(53)52(55)56)46-59-45-43-41-39-37-35-33-31-29-22-20-18-16-14-12-10-8-6-4-2/h6,8,12,14,18,20,29,31,35,37,49-50H,3-5,7,9-11,13,15-17,19,21-28,30,32-34,36,38-48,53H2,1-2H3,(H,55,56)(H,57,58)/b8-6-,14-12-,20-18-,31-29-,37-35-. The Kier molecular flexibility index (Phi) is 45.9. The SMILES string of the molecule is CC/C=C\C/C=C\C/C=C\C/C=C\C/C=C\CCCCOCC(COP(=O)(O)OCC(N)C(=O)O)OC(=O)CCCCCCCCCCCCCCCCCCCCCCCCC. The predicted molar refractivity (Wildman–Crippen MR) is 263 cm³/mol. The largest absolute Gasteiger partial charge is 0.480 e. The number of aliphatic carboxylic acids is 1. The summed E-state index contributed by atoms with van der Waals surface area (Å²) in [4.78, 5) is 33.7. The van der Waals surface area contributed by atoms with Crippen molar-refractivity contribution in [3.05, 3.63) is 60.8 Å². The van der Waals surface area contributed by atoms with Crippen LogP contribution in [0.25, 0.3) is 0 Å². The number of carboxylic acids is 1. The molecule has 0 fully saturated rings. The van der Waals surface area contributed by atoms with Gasteiger partial charge < -0.3 is 25.2 Å². The van der Waals surface area contributed by atoms with Crippen molar-refractivity contribution in [1.82, 2.24) is 0 Å². The van der Waals surface area contributed by atoms with E-state index in [1.165, 1.54) is 122 Å². The van der Waals surface area contributed by atoms with Crippen molar-refractivity contribution < 1.29 is 42.7 Å². The zero-order chi connectivity index (χ0) is 46.2. The Morgan fingerprint density at radius 3 is 1.35 bits per heavy atom. The number of esters is 1. The molecule has 0 aliphatic rings. The number of phosphoric acid groups is 1. The molecule has 0 aromatic heterocycles. The van der Waals surface area contributed by atoms with Crippen molar-refractivity contribution in [3.8, 4) is 0 Å². The molecule has 0 aromatic carbocycles. The van der Waals surface area contributed by atoms with Gasteiger partial charge in [-0.05, 0) is 57.8 Å². The van der Waals surface area contributed by atoms with Crippen LogP contribution in [0.1, 0.15) is 219 Å². The molecular weight excluding hydrogens is 814 g/mol. The Labute approximate surface area is 385 Å². The lowest BCUT2D eigenvalue weighted by Crippen LogP contribution is -2.34. The summed E-state index contributed by atoms with van der Waals surface area (Å²) in [5, 5.41) is 8.92. The summed E-state index contributed by atoms with van der Waals surface area (Å²) in [7, 11) is -4.63. The molecule has 0 rings (SSSR count). The number of rotatable bonds is 48. The third-order valence-corrected chi connectivity index (χ3v) is 11.8. The second-order valence-corrected chi connectivity index (χ2v) is 18.4. The number of allylic oxidation sites excluding steroid dienone is 10. The van der Waals surface area contributed by atoms with Crippen LogP contribution >= 0.6 is 7.82 Å². The van der Waals surface area contributed by atoms with Crippen LogP contribution in [0.4, 0.5) is 0 Å². The number of unbranched alkanes of at least 4 members (excludes halogenated alkanes) is 24. The van der Waals surface area contributed by atoms with Gasteiger partial charge >= 0.3 is 19.8 Å². The Morgan fingerprint density at radius 1 is 0.524 bits per heavy atom. The number of hydrogen-bond acceptors (Lipinski definition) is 8. The maximum atomic E-state index is 12.7. The highest BCUT2D eigenvalue weighted by atomic mass is 31.2. The Hall–Kier alpha value is -2.33. The van der Waals surface area contributed by atoms with Crippen LogP contribution in [-0.4, -0.2) is 60.5 Å². The summed E-state index contributed by atoms with van der Waals surface area (Å²) in [6, 6.07) is -1.48. The van der Waals surface area contributed by atoms with Crippen LogP contribution < -0.4 is 5.73 Å². The van der Waals surface area contributed by atoms with Gasteiger partial charge in [-0.25, -0.2) is 4.57 Å². The predicted octanol–water partition coefficient (Wildman–Crippen LogP) is 14.8. The van der Waals surface area contributed by atoms with Crippen molar-refractivity contribution in [2.75, 3.05) is 26.4 Å². The number of carbonyl (C=O) groups is 2. The highest BCUT2D eigenvalue weighted by Crippen LogP contribution is 2.43. The molecule has 0 aliphatic heterocycles. The van der Waals surface area contributed by atoms with Gasteiger partial charge in [-0.15, -0.1) is 0 Å². The smallest absolute Gasteiger partial charge is 0.472 e. The molecule has 10 nitrogen and oxygen atoms in total. The van der Waals surface area contributed by atoms with Crippen molar-refractivity contribution in [3.63, 3.8) is 0 Å². The molecule has 3 atom stereocenters. The zero-order valence-corrected chi connectivity index (χ0v) is 41.1. The molecule has 366 valence electrons. The van der Waals surface area contributed by atoms with Crippen LogP contribution in [0.15, 0.2) is 60.8 Å². The van der Waals surface area contributed by atoms with Crippen molar-refractivity contribution >= 4 is 19.8 Å². The van der Waals surface area contributed by atoms with Gasteiger partial charge in [0.1, 0.15) is 12.1 Å². The lowest BCUT2D eigenvalue weighted by molar-refractivity contribution is -0.154. The lowest BCUT2D eigenvalue weighted by atomic mass is 10.0. The van der Waals surface area contributed by atoms with E-state index in [9.17, 15) is 19.0 Å². The van der Waals surface area contributed by atoms with E-state index in [2.05, 4.69) is 74.6 Å². The minimum absolute atomic E-state index is 0.0124. The fourth-order valence-corrected chi connectivity index (χ4v) is 7.70. The molecule has 3 unspecified atom stereocenters. The molecule has 63 heavy (non-hydrogen) atoms. The number of hydrogen-bond donors (Lipinski definition) is 3. The van der Waals surface area contributed by atoms with Crippen LogP contribution in [0.2, 0.25) is 0 Å². The van der Waals surface area contributed by atoms with Gasteiger partial charge in [0.15, 0.2) is 0 Å². The Bertz CT molecular complexity index is 1230. The monoisotopic (exact) mass is 908 g/mol. The van der Waals surface area contributed by atoms with Gasteiger partial charge in [-0.1, -0.05) is 216 Å². The van der Waals surface area contributed by atoms with E-state index in [1.54, 1.807) is 0 Å². The highest BCUT2D eigenvalue weighted by molar-refractivity contribution is 7.47. The second-order valence-electron chi connectivity index (χ2n) is 16.9. The molecule has 0 aromatic rings. The molecule has 0 spiro atoms. The average Bonchev–Trinajstić information content (AvgIpc) is 3.26. The molecule has 0 aliphatic carbocycles. The second kappa shape index (κ2) is 47.6. The van der Waals surface area contributed by atoms with Crippen LogP contribution in [-0.2, 0) is 32.7 Å². The summed E-state index contributed by atoms with van der Waals surface area (Å²) < 4.78 is 33.4. The summed E-state index contributed by atoms with van der Waals surface area (Å²) in [5.74, 6) is -1.79. The first-order chi connectivity index (χ1) is 30.7. The van der Waals surface area contributed by atoms with Gasteiger partial charge in [-0.2, -0.15) is 0 Å². The molecule has 0 heterocycles. The quantitative estimate of drug-likeness (QED) is 0.0233. The third kappa shape index (κ3) is 47.5. The maximum Gasteiger partial charge on any atom is 0.472 e. The van der Waals surface area contributed by atoms with E-state index in [0.29, 0.717) is 13.0 Å². The molecule has 0 amide bonds. The molecular formula is C52H94NO9P. The van der Waals surface area contributed by atoms with Crippen LogP contribution in [0.3, 0.4) is 0 Å². The summed E-state index contributed by atoms with van der Waals surface area (Å²) in [6.45, 7) is 3.69. The first-order valence-corrected chi connectivity index (χ1v) is 26.8. The molecule has 0 saturated carbocycles. The molecule has 0 saturated heterocycles. The van der Waals surface area contributed by atoms with Crippen molar-refractivity contribution in [2.45, 2.75) is 231 Å². The van der Waals surface area contributed by atoms with E-state index < -0.39 is 45.1 Å². The van der Waals surface area contributed by atoms with E-state index in [0.717, 1.165) is 70.6 Å². The summed E-state index contributed by atoms with van der Waals surface area (Å²) >= 11 is 0.